The summed E-state index contributed by atoms with van der Waals surface area (Å²) in [5.74, 6) is -1.95. The lowest BCUT2D eigenvalue weighted by atomic mass is 10.0. The molecule has 200 valence electrons. The van der Waals surface area contributed by atoms with Crippen LogP contribution in [0, 0.1) is 11.6 Å². The molecule has 0 fully saturated rings. The van der Waals surface area contributed by atoms with E-state index in [2.05, 4.69) is 26.8 Å². The Bertz CT molecular complexity index is 1630. The van der Waals surface area contributed by atoms with Crippen LogP contribution >= 0.6 is 0 Å². The minimum absolute atomic E-state index is 0.00732. The SMILES string of the molecule is C=C/C=C(\C=C(/C)N)c1cc2cc(-c3cc(F)c(CC(=O)Nc4cc(C(C)(C)F)ccn4)cc3F)cnc2[nH]1. The van der Waals surface area contributed by atoms with Crippen LogP contribution in [0.3, 0.4) is 0 Å². The van der Waals surface area contributed by atoms with Crippen molar-refractivity contribution in [2.75, 3.05) is 5.32 Å². The van der Waals surface area contributed by atoms with Gasteiger partial charge in [0, 0.05) is 45.9 Å². The number of hydrogen-bond acceptors (Lipinski definition) is 4. The van der Waals surface area contributed by atoms with E-state index in [0.29, 0.717) is 27.9 Å². The van der Waals surface area contributed by atoms with Crippen LogP contribution in [0.15, 0.2) is 79.3 Å². The summed E-state index contributed by atoms with van der Waals surface area (Å²) in [4.78, 5) is 24.1. The number of H-pyrrole nitrogens is 1. The molecule has 0 saturated carbocycles. The molecule has 0 spiro atoms. The van der Waals surface area contributed by atoms with Crippen LogP contribution in [0.1, 0.15) is 37.6 Å². The van der Waals surface area contributed by atoms with E-state index in [-0.39, 0.29) is 16.9 Å². The summed E-state index contributed by atoms with van der Waals surface area (Å²) in [6.45, 7) is 8.25. The summed E-state index contributed by atoms with van der Waals surface area (Å²) in [6, 6.07) is 8.46. The zero-order valence-corrected chi connectivity index (χ0v) is 21.8. The summed E-state index contributed by atoms with van der Waals surface area (Å²) in [6.07, 6.45) is 7.59. The molecule has 3 heterocycles. The number of nitrogens with two attached hydrogens (primary N) is 1. The number of pyridine rings is 2. The van der Waals surface area contributed by atoms with Gasteiger partial charge in [-0.2, -0.15) is 0 Å². The second-order valence-corrected chi connectivity index (χ2v) is 9.64. The molecule has 9 heteroatoms. The number of nitrogens with zero attached hydrogens (tertiary/aromatic N) is 2. The van der Waals surface area contributed by atoms with Gasteiger partial charge < -0.3 is 16.0 Å². The summed E-state index contributed by atoms with van der Waals surface area (Å²) < 4.78 is 44.3. The van der Waals surface area contributed by atoms with Gasteiger partial charge in [-0.15, -0.1) is 0 Å². The fourth-order valence-corrected chi connectivity index (χ4v) is 4.08. The van der Waals surface area contributed by atoms with Crippen LogP contribution in [0.2, 0.25) is 0 Å². The molecule has 3 aromatic heterocycles. The van der Waals surface area contributed by atoms with Gasteiger partial charge in [0.25, 0.3) is 0 Å². The van der Waals surface area contributed by atoms with E-state index in [1.807, 2.05) is 6.07 Å². The molecular formula is C30H28F3N5O. The number of allylic oxidation sites excluding steroid dienone is 5. The molecule has 0 saturated heterocycles. The van der Waals surface area contributed by atoms with Crippen molar-refractivity contribution >= 4 is 28.3 Å². The highest BCUT2D eigenvalue weighted by Gasteiger charge is 2.20. The highest BCUT2D eigenvalue weighted by molar-refractivity contribution is 5.92. The average Bonchev–Trinajstić information content (AvgIpc) is 3.28. The zero-order chi connectivity index (χ0) is 28.3. The Balaban J connectivity index is 1.57. The summed E-state index contributed by atoms with van der Waals surface area (Å²) in [5.41, 5.74) is 7.48. The fourth-order valence-electron chi connectivity index (χ4n) is 4.08. The number of aromatic nitrogens is 3. The second-order valence-electron chi connectivity index (χ2n) is 9.64. The Morgan fingerprint density at radius 2 is 1.92 bits per heavy atom. The number of halogens is 3. The molecular weight excluding hydrogens is 503 g/mol. The van der Waals surface area contributed by atoms with Crippen LogP contribution in [-0.2, 0) is 16.9 Å². The van der Waals surface area contributed by atoms with Crippen LogP contribution in [0.5, 0.6) is 0 Å². The van der Waals surface area contributed by atoms with E-state index in [4.69, 9.17) is 5.73 Å². The molecule has 0 unspecified atom stereocenters. The fraction of sp³-hybridized carbons (Fsp3) is 0.167. The van der Waals surface area contributed by atoms with Crippen molar-refractivity contribution in [2.45, 2.75) is 32.9 Å². The highest BCUT2D eigenvalue weighted by Crippen LogP contribution is 2.30. The first-order valence-corrected chi connectivity index (χ1v) is 12.1. The van der Waals surface area contributed by atoms with E-state index in [1.54, 1.807) is 31.2 Å². The van der Waals surface area contributed by atoms with E-state index < -0.39 is 29.6 Å². The van der Waals surface area contributed by atoms with Crippen molar-refractivity contribution < 1.29 is 18.0 Å². The molecule has 1 amide bonds. The van der Waals surface area contributed by atoms with Gasteiger partial charge in [-0.3, -0.25) is 4.79 Å². The highest BCUT2D eigenvalue weighted by atomic mass is 19.1. The van der Waals surface area contributed by atoms with Crippen molar-refractivity contribution in [2.24, 2.45) is 5.73 Å². The monoisotopic (exact) mass is 531 g/mol. The molecule has 6 nitrogen and oxygen atoms in total. The average molecular weight is 532 g/mol. The Morgan fingerprint density at radius 3 is 2.62 bits per heavy atom. The minimum Gasteiger partial charge on any atom is -0.402 e. The van der Waals surface area contributed by atoms with Crippen molar-refractivity contribution in [3.05, 3.63) is 108 Å². The number of alkyl halides is 1. The van der Waals surface area contributed by atoms with Crippen molar-refractivity contribution in [1.82, 2.24) is 15.0 Å². The van der Waals surface area contributed by atoms with E-state index in [0.717, 1.165) is 23.4 Å². The van der Waals surface area contributed by atoms with Crippen LogP contribution in [0.25, 0.3) is 27.7 Å². The Morgan fingerprint density at radius 1 is 1.15 bits per heavy atom. The molecule has 4 aromatic rings. The number of amides is 1. The van der Waals surface area contributed by atoms with Gasteiger partial charge in [0.05, 0.1) is 6.42 Å². The molecule has 0 aliphatic heterocycles. The van der Waals surface area contributed by atoms with Gasteiger partial charge >= 0.3 is 0 Å². The topological polar surface area (TPSA) is 96.7 Å². The number of aromatic amines is 1. The Kier molecular flexibility index (Phi) is 7.71. The Hall–Kier alpha value is -4.66. The maximum atomic E-state index is 15.1. The molecule has 0 atom stereocenters. The van der Waals surface area contributed by atoms with Gasteiger partial charge in [-0.05, 0) is 74.4 Å². The third kappa shape index (κ3) is 6.43. The number of fused-ring (bicyclic) bond motifs is 1. The molecule has 0 aliphatic rings. The lowest BCUT2D eigenvalue weighted by Crippen LogP contribution is -2.17. The van der Waals surface area contributed by atoms with E-state index in [1.165, 1.54) is 38.4 Å². The largest absolute Gasteiger partial charge is 0.402 e. The maximum absolute atomic E-state index is 15.1. The maximum Gasteiger partial charge on any atom is 0.230 e. The second kappa shape index (κ2) is 11.0. The first kappa shape index (κ1) is 27.4. The van der Waals surface area contributed by atoms with Gasteiger partial charge in [0.2, 0.25) is 5.91 Å². The molecule has 4 rings (SSSR count). The summed E-state index contributed by atoms with van der Waals surface area (Å²) >= 11 is 0. The number of carbonyl (C=O) groups is 1. The first-order valence-electron chi connectivity index (χ1n) is 12.1. The van der Waals surface area contributed by atoms with Gasteiger partial charge in [-0.1, -0.05) is 18.7 Å². The number of anilines is 1. The van der Waals surface area contributed by atoms with Crippen LogP contribution < -0.4 is 11.1 Å². The van der Waals surface area contributed by atoms with Gasteiger partial charge in [0.15, 0.2) is 0 Å². The summed E-state index contributed by atoms with van der Waals surface area (Å²) in [5, 5.41) is 3.20. The third-order valence-electron chi connectivity index (χ3n) is 5.97. The third-order valence-corrected chi connectivity index (χ3v) is 5.97. The minimum atomic E-state index is -1.63. The predicted octanol–water partition coefficient (Wildman–Crippen LogP) is 6.72. The number of benzene rings is 1. The molecule has 0 radical (unpaired) electrons. The van der Waals surface area contributed by atoms with Crippen molar-refractivity contribution in [3.63, 3.8) is 0 Å². The molecule has 0 aliphatic carbocycles. The number of rotatable bonds is 8. The first-order chi connectivity index (χ1) is 18.4. The van der Waals surface area contributed by atoms with Crippen molar-refractivity contribution in [3.8, 4) is 11.1 Å². The zero-order valence-electron chi connectivity index (χ0n) is 21.8. The molecule has 1 aromatic carbocycles. The van der Waals surface area contributed by atoms with Gasteiger partial charge in [-0.25, -0.2) is 23.1 Å². The normalized spacial score (nSPS) is 12.6. The summed E-state index contributed by atoms with van der Waals surface area (Å²) in [7, 11) is 0. The molecule has 39 heavy (non-hydrogen) atoms. The lowest BCUT2D eigenvalue weighted by molar-refractivity contribution is -0.115. The van der Waals surface area contributed by atoms with E-state index in [9.17, 15) is 13.6 Å². The number of carbonyl (C=O) groups excluding carboxylic acids is 1. The van der Waals surface area contributed by atoms with Crippen LogP contribution in [0.4, 0.5) is 19.0 Å². The lowest BCUT2D eigenvalue weighted by Gasteiger charge is -2.15. The molecule has 0 bridgehead atoms. The smallest absolute Gasteiger partial charge is 0.230 e. The van der Waals surface area contributed by atoms with Crippen LogP contribution in [-0.4, -0.2) is 20.9 Å². The quantitative estimate of drug-likeness (QED) is 0.220. The number of hydrogen-bond donors (Lipinski definition) is 3. The van der Waals surface area contributed by atoms with Crippen molar-refractivity contribution in [1.29, 1.82) is 0 Å². The molecule has 4 N–H and O–H groups in total. The standard InChI is InChI=1S/C30H28F3N5O/c1-5-6-18(9-17(2)34)26-12-20-10-21(16-36-29(20)37-26)23-15-24(31)19(11-25(23)32)13-28(39)38-27-14-22(7-8-35-27)30(3,4)33/h5-12,14-16H,1,13,34H2,2-4H3,(H,36,37)(H,35,38,39)/b17-9+,18-6+. The van der Waals surface area contributed by atoms with Gasteiger partial charge in [0.1, 0.15) is 28.8 Å². The predicted molar refractivity (Wildman–Crippen MR) is 148 cm³/mol. The van der Waals surface area contributed by atoms with E-state index >= 15 is 4.39 Å². The Labute approximate surface area is 224 Å². The number of nitrogens with one attached hydrogen (secondary N) is 2.